The maximum atomic E-state index is 13.1. The molecule has 23 heavy (non-hydrogen) atoms. The van der Waals surface area contributed by atoms with Crippen LogP contribution in [-0.2, 0) is 4.79 Å². The summed E-state index contributed by atoms with van der Waals surface area (Å²) in [6.45, 7) is 8.29. The standard InChI is InChI=1S/C19H28N2O.ClH/c1-18(2)9-15-10-19(3,12-18)13-21(15)17(22)16(11-20)14-7-5-4-6-8-14;/h4-8,15-16H,9-13,20H2,1-3H3;1H. The van der Waals surface area contributed by atoms with Gasteiger partial charge in [0.25, 0.3) is 0 Å². The number of benzene rings is 1. The number of rotatable bonds is 3. The summed E-state index contributed by atoms with van der Waals surface area (Å²) in [5.41, 5.74) is 7.60. The molecule has 1 amide bonds. The first-order valence-corrected chi connectivity index (χ1v) is 8.39. The molecule has 4 heteroatoms. The first-order chi connectivity index (χ1) is 10.3. The maximum Gasteiger partial charge on any atom is 0.231 e. The van der Waals surface area contributed by atoms with E-state index in [0.29, 0.717) is 18.0 Å². The van der Waals surface area contributed by atoms with Crippen LogP contribution in [0.3, 0.4) is 0 Å². The van der Waals surface area contributed by atoms with Crippen LogP contribution in [0.5, 0.6) is 0 Å². The normalized spacial score (nSPS) is 29.7. The Kier molecular flexibility index (Phi) is 5.12. The molecule has 3 rings (SSSR count). The van der Waals surface area contributed by atoms with Crippen molar-refractivity contribution >= 4 is 18.3 Å². The predicted octanol–water partition coefficient (Wildman–Crippen LogP) is 3.58. The molecule has 128 valence electrons. The second-order valence-corrected chi connectivity index (χ2v) is 8.38. The maximum absolute atomic E-state index is 13.1. The third-order valence-corrected chi connectivity index (χ3v) is 5.43. The van der Waals surface area contributed by atoms with Crippen molar-refractivity contribution in [2.24, 2.45) is 16.6 Å². The molecule has 1 saturated carbocycles. The first-order valence-electron chi connectivity index (χ1n) is 8.39. The number of nitrogens with two attached hydrogens (primary N) is 1. The third-order valence-electron chi connectivity index (χ3n) is 5.43. The number of carbonyl (C=O) groups is 1. The molecule has 2 aliphatic rings. The zero-order valence-corrected chi connectivity index (χ0v) is 15.2. The average molecular weight is 337 g/mol. The smallest absolute Gasteiger partial charge is 0.231 e. The molecule has 0 spiro atoms. The van der Waals surface area contributed by atoms with Crippen molar-refractivity contribution in [3.63, 3.8) is 0 Å². The number of carbonyl (C=O) groups excluding carboxylic acids is 1. The number of hydrogen-bond acceptors (Lipinski definition) is 2. The Hall–Kier alpha value is -1.06. The SMILES string of the molecule is CC1(C)CC2CC(C)(CN2C(=O)C(CN)c2ccccc2)C1.Cl. The van der Waals surface area contributed by atoms with Gasteiger partial charge in [-0.05, 0) is 35.7 Å². The van der Waals surface area contributed by atoms with Crippen LogP contribution in [-0.4, -0.2) is 29.9 Å². The Labute approximate surface area is 146 Å². The lowest BCUT2D eigenvalue weighted by molar-refractivity contribution is -0.133. The van der Waals surface area contributed by atoms with Crippen molar-refractivity contribution in [3.8, 4) is 0 Å². The Morgan fingerprint density at radius 3 is 2.52 bits per heavy atom. The molecule has 1 saturated heterocycles. The van der Waals surface area contributed by atoms with E-state index in [4.69, 9.17) is 5.73 Å². The van der Waals surface area contributed by atoms with Crippen LogP contribution in [0.4, 0.5) is 0 Å². The summed E-state index contributed by atoms with van der Waals surface area (Å²) in [6, 6.07) is 10.4. The van der Waals surface area contributed by atoms with Gasteiger partial charge in [0.2, 0.25) is 5.91 Å². The van der Waals surface area contributed by atoms with Crippen molar-refractivity contribution in [3.05, 3.63) is 35.9 Å². The van der Waals surface area contributed by atoms with E-state index >= 15 is 0 Å². The van der Waals surface area contributed by atoms with Crippen molar-refractivity contribution in [2.45, 2.75) is 52.0 Å². The summed E-state index contributed by atoms with van der Waals surface area (Å²) >= 11 is 0. The van der Waals surface area contributed by atoms with E-state index in [0.717, 1.165) is 24.9 Å². The van der Waals surface area contributed by atoms with Crippen LogP contribution in [0.25, 0.3) is 0 Å². The van der Waals surface area contributed by atoms with Gasteiger partial charge in [-0.1, -0.05) is 51.1 Å². The van der Waals surface area contributed by atoms with Gasteiger partial charge in [0, 0.05) is 19.1 Å². The lowest BCUT2D eigenvalue weighted by atomic mass is 9.65. The highest BCUT2D eigenvalue weighted by Crippen LogP contribution is 2.52. The predicted molar refractivity (Wildman–Crippen MR) is 96.7 cm³/mol. The fourth-order valence-corrected chi connectivity index (χ4v) is 4.98. The highest BCUT2D eigenvalue weighted by molar-refractivity contribution is 5.85. The molecule has 1 heterocycles. The first kappa shape index (κ1) is 18.3. The lowest BCUT2D eigenvalue weighted by Gasteiger charge is -2.39. The highest BCUT2D eigenvalue weighted by Gasteiger charge is 2.51. The number of halogens is 1. The van der Waals surface area contributed by atoms with Gasteiger partial charge in [-0.25, -0.2) is 0 Å². The molecular formula is C19H29ClN2O. The number of amides is 1. The fraction of sp³-hybridized carbons (Fsp3) is 0.632. The average Bonchev–Trinajstić information content (AvgIpc) is 2.70. The Bertz CT molecular complexity index is 560. The molecule has 1 aliphatic heterocycles. The van der Waals surface area contributed by atoms with Crippen molar-refractivity contribution in [2.75, 3.05) is 13.1 Å². The number of likely N-dealkylation sites (tertiary alicyclic amines) is 1. The topological polar surface area (TPSA) is 46.3 Å². The third kappa shape index (κ3) is 3.56. The molecule has 2 bridgehead atoms. The van der Waals surface area contributed by atoms with Gasteiger partial charge in [-0.2, -0.15) is 0 Å². The Balaban J connectivity index is 0.00000192. The van der Waals surface area contributed by atoms with Gasteiger partial charge in [0.05, 0.1) is 5.92 Å². The van der Waals surface area contributed by atoms with E-state index < -0.39 is 0 Å². The molecule has 0 aromatic heterocycles. The highest BCUT2D eigenvalue weighted by atomic mass is 35.5. The second kappa shape index (κ2) is 6.45. The minimum Gasteiger partial charge on any atom is -0.339 e. The van der Waals surface area contributed by atoms with Crippen molar-refractivity contribution < 1.29 is 4.79 Å². The fourth-order valence-electron chi connectivity index (χ4n) is 4.98. The molecule has 1 aromatic carbocycles. The van der Waals surface area contributed by atoms with Crippen LogP contribution in [0.2, 0.25) is 0 Å². The largest absolute Gasteiger partial charge is 0.339 e. The quantitative estimate of drug-likeness (QED) is 0.917. The zero-order chi connectivity index (χ0) is 16.0. The Morgan fingerprint density at radius 2 is 1.91 bits per heavy atom. The van der Waals surface area contributed by atoms with Crippen LogP contribution in [0.1, 0.15) is 51.5 Å². The van der Waals surface area contributed by atoms with Gasteiger partial charge in [0.1, 0.15) is 0 Å². The van der Waals surface area contributed by atoms with E-state index in [2.05, 4.69) is 25.7 Å². The summed E-state index contributed by atoms with van der Waals surface area (Å²) in [6.07, 6.45) is 3.47. The van der Waals surface area contributed by atoms with E-state index in [1.54, 1.807) is 0 Å². The summed E-state index contributed by atoms with van der Waals surface area (Å²) in [5.74, 6) is 0.0207. The van der Waals surface area contributed by atoms with Gasteiger partial charge in [-0.3, -0.25) is 4.79 Å². The molecule has 2 N–H and O–H groups in total. The lowest BCUT2D eigenvalue weighted by Crippen LogP contribution is -2.42. The summed E-state index contributed by atoms with van der Waals surface area (Å²) in [5, 5.41) is 0. The molecule has 1 aromatic rings. The minimum absolute atomic E-state index is 0. The van der Waals surface area contributed by atoms with Crippen molar-refractivity contribution in [1.82, 2.24) is 4.90 Å². The Morgan fingerprint density at radius 1 is 1.26 bits per heavy atom. The van der Waals surface area contributed by atoms with E-state index in [1.165, 1.54) is 6.42 Å². The van der Waals surface area contributed by atoms with Crippen LogP contribution >= 0.6 is 12.4 Å². The van der Waals surface area contributed by atoms with Crippen LogP contribution in [0.15, 0.2) is 30.3 Å². The molecule has 2 fully saturated rings. The molecule has 3 unspecified atom stereocenters. The minimum atomic E-state index is -0.202. The molecule has 3 atom stereocenters. The van der Waals surface area contributed by atoms with E-state index in [1.807, 2.05) is 30.3 Å². The molecule has 3 nitrogen and oxygen atoms in total. The molecule has 0 radical (unpaired) electrons. The summed E-state index contributed by atoms with van der Waals surface area (Å²) in [7, 11) is 0. The molecular weight excluding hydrogens is 308 g/mol. The number of fused-ring (bicyclic) bond motifs is 2. The van der Waals surface area contributed by atoms with Crippen LogP contribution in [0, 0.1) is 10.8 Å². The van der Waals surface area contributed by atoms with Gasteiger partial charge < -0.3 is 10.6 Å². The summed E-state index contributed by atoms with van der Waals surface area (Å²) in [4.78, 5) is 15.3. The van der Waals surface area contributed by atoms with Crippen molar-refractivity contribution in [1.29, 1.82) is 0 Å². The van der Waals surface area contributed by atoms with Crippen LogP contribution < -0.4 is 5.73 Å². The van der Waals surface area contributed by atoms with E-state index in [9.17, 15) is 4.79 Å². The zero-order valence-electron chi connectivity index (χ0n) is 14.4. The van der Waals surface area contributed by atoms with Gasteiger partial charge in [-0.15, -0.1) is 12.4 Å². The van der Waals surface area contributed by atoms with Gasteiger partial charge in [0.15, 0.2) is 0 Å². The molecule has 1 aliphatic carbocycles. The number of hydrogen-bond donors (Lipinski definition) is 1. The second-order valence-electron chi connectivity index (χ2n) is 8.38. The van der Waals surface area contributed by atoms with Gasteiger partial charge >= 0.3 is 0 Å². The monoisotopic (exact) mass is 336 g/mol. The van der Waals surface area contributed by atoms with E-state index in [-0.39, 0.29) is 29.6 Å². The number of nitrogens with zero attached hydrogens (tertiary/aromatic N) is 1. The summed E-state index contributed by atoms with van der Waals surface area (Å²) < 4.78 is 0.